The van der Waals surface area contributed by atoms with Gasteiger partial charge in [0.2, 0.25) is 0 Å². The smallest absolute Gasteiger partial charge is 0.255 e. The first kappa shape index (κ1) is 14.3. The maximum atomic E-state index is 12.2. The van der Waals surface area contributed by atoms with Crippen LogP contribution in [0.4, 0.5) is 5.69 Å². The van der Waals surface area contributed by atoms with Gasteiger partial charge < -0.3 is 10.4 Å². The molecule has 0 atom stereocenters. The van der Waals surface area contributed by atoms with Gasteiger partial charge in [-0.2, -0.15) is 0 Å². The minimum Gasteiger partial charge on any atom is -0.508 e. The van der Waals surface area contributed by atoms with E-state index in [4.69, 9.17) is 11.6 Å². The van der Waals surface area contributed by atoms with Crippen LogP contribution < -0.4 is 5.32 Å². The standard InChI is InChI=1S/C15H15ClN2O2/c1-3-11-6-10(7-14(16)17-11)15(20)18-12-5-4-9(2)13(19)8-12/h4-8,19H,3H2,1-2H3,(H,18,20). The van der Waals surface area contributed by atoms with Crippen LogP contribution in [0.3, 0.4) is 0 Å². The topological polar surface area (TPSA) is 62.2 Å². The van der Waals surface area contributed by atoms with E-state index in [2.05, 4.69) is 10.3 Å². The number of amides is 1. The summed E-state index contributed by atoms with van der Waals surface area (Å²) in [5.41, 5.74) is 2.49. The number of phenolic OH excluding ortho intramolecular Hbond substituents is 1. The zero-order valence-electron chi connectivity index (χ0n) is 11.3. The van der Waals surface area contributed by atoms with E-state index in [1.165, 1.54) is 12.1 Å². The Kier molecular flexibility index (Phi) is 4.25. The molecule has 1 heterocycles. The van der Waals surface area contributed by atoms with E-state index in [9.17, 15) is 9.90 Å². The molecule has 0 aliphatic heterocycles. The van der Waals surface area contributed by atoms with E-state index in [1.807, 2.05) is 6.92 Å². The number of phenols is 1. The summed E-state index contributed by atoms with van der Waals surface area (Å²) in [4.78, 5) is 16.3. The molecule has 0 fully saturated rings. The van der Waals surface area contributed by atoms with Gasteiger partial charge in [-0.1, -0.05) is 24.6 Å². The van der Waals surface area contributed by atoms with Crippen LogP contribution in [0.25, 0.3) is 0 Å². The van der Waals surface area contributed by atoms with Crippen LogP contribution in [-0.4, -0.2) is 16.0 Å². The number of nitrogens with one attached hydrogen (secondary N) is 1. The van der Waals surface area contributed by atoms with Gasteiger partial charge >= 0.3 is 0 Å². The number of aromatic hydroxyl groups is 1. The number of benzene rings is 1. The molecule has 0 bridgehead atoms. The van der Waals surface area contributed by atoms with Crippen molar-refractivity contribution in [3.63, 3.8) is 0 Å². The van der Waals surface area contributed by atoms with E-state index < -0.39 is 0 Å². The lowest BCUT2D eigenvalue weighted by Gasteiger charge is -2.08. The van der Waals surface area contributed by atoms with Gasteiger partial charge in [-0.05, 0) is 37.1 Å². The molecule has 0 spiro atoms. The second-order valence-corrected chi connectivity index (χ2v) is 4.87. The van der Waals surface area contributed by atoms with Crippen molar-refractivity contribution in [3.05, 3.63) is 52.3 Å². The second kappa shape index (κ2) is 5.92. The average molecular weight is 291 g/mol. The predicted molar refractivity (Wildman–Crippen MR) is 79.4 cm³/mol. The summed E-state index contributed by atoms with van der Waals surface area (Å²) in [6.07, 6.45) is 0.701. The molecule has 1 aromatic carbocycles. The number of anilines is 1. The van der Waals surface area contributed by atoms with Crippen LogP contribution in [0.5, 0.6) is 5.75 Å². The Morgan fingerprint density at radius 1 is 1.35 bits per heavy atom. The number of hydrogen-bond acceptors (Lipinski definition) is 3. The van der Waals surface area contributed by atoms with Gasteiger partial charge in [0.15, 0.2) is 0 Å². The maximum absolute atomic E-state index is 12.2. The summed E-state index contributed by atoms with van der Waals surface area (Å²) in [6, 6.07) is 8.20. The van der Waals surface area contributed by atoms with E-state index >= 15 is 0 Å². The number of rotatable bonds is 3. The highest BCUT2D eigenvalue weighted by molar-refractivity contribution is 6.29. The minimum absolute atomic E-state index is 0.143. The van der Waals surface area contributed by atoms with Crippen LogP contribution in [0.2, 0.25) is 5.15 Å². The van der Waals surface area contributed by atoms with Crippen molar-refractivity contribution in [2.75, 3.05) is 5.32 Å². The quantitative estimate of drug-likeness (QED) is 0.850. The van der Waals surface area contributed by atoms with Gasteiger partial charge in [0.05, 0.1) is 0 Å². The lowest BCUT2D eigenvalue weighted by atomic mass is 10.1. The van der Waals surface area contributed by atoms with Gasteiger partial charge in [-0.25, -0.2) is 4.98 Å². The SMILES string of the molecule is CCc1cc(C(=O)Nc2ccc(C)c(O)c2)cc(Cl)n1. The Hall–Kier alpha value is -2.07. The van der Waals surface area contributed by atoms with Crippen molar-refractivity contribution in [3.8, 4) is 5.75 Å². The van der Waals surface area contributed by atoms with Gasteiger partial charge in [-0.15, -0.1) is 0 Å². The molecule has 2 aromatic rings. The van der Waals surface area contributed by atoms with Crippen molar-refractivity contribution in [1.29, 1.82) is 0 Å². The molecular weight excluding hydrogens is 276 g/mol. The molecule has 0 radical (unpaired) electrons. The van der Waals surface area contributed by atoms with Crippen LogP contribution in [-0.2, 0) is 6.42 Å². The summed E-state index contributed by atoms with van der Waals surface area (Å²) in [5, 5.41) is 12.6. The van der Waals surface area contributed by atoms with Crippen LogP contribution in [0.1, 0.15) is 28.5 Å². The molecule has 104 valence electrons. The van der Waals surface area contributed by atoms with Crippen LogP contribution in [0.15, 0.2) is 30.3 Å². The normalized spacial score (nSPS) is 10.3. The highest BCUT2D eigenvalue weighted by Gasteiger charge is 2.10. The van der Waals surface area contributed by atoms with E-state index in [1.54, 1.807) is 25.1 Å². The summed E-state index contributed by atoms with van der Waals surface area (Å²) in [7, 11) is 0. The van der Waals surface area contributed by atoms with Gasteiger partial charge in [0.25, 0.3) is 5.91 Å². The molecule has 2 N–H and O–H groups in total. The number of nitrogens with zero attached hydrogens (tertiary/aromatic N) is 1. The van der Waals surface area contributed by atoms with E-state index in [-0.39, 0.29) is 11.7 Å². The van der Waals surface area contributed by atoms with E-state index in [0.717, 1.165) is 11.3 Å². The molecule has 0 saturated heterocycles. The number of halogens is 1. The Bertz CT molecular complexity index is 656. The van der Waals surface area contributed by atoms with Gasteiger partial charge in [0, 0.05) is 23.0 Å². The molecule has 0 unspecified atom stereocenters. The number of carbonyl (C=O) groups excluding carboxylic acids is 1. The van der Waals surface area contributed by atoms with Crippen molar-refractivity contribution in [1.82, 2.24) is 4.98 Å². The van der Waals surface area contributed by atoms with Gasteiger partial charge in [0.1, 0.15) is 10.9 Å². The highest BCUT2D eigenvalue weighted by Crippen LogP contribution is 2.21. The average Bonchev–Trinajstić information content (AvgIpc) is 2.42. The van der Waals surface area contributed by atoms with Crippen molar-refractivity contribution < 1.29 is 9.90 Å². The van der Waals surface area contributed by atoms with Crippen molar-refractivity contribution in [2.45, 2.75) is 20.3 Å². The van der Waals surface area contributed by atoms with E-state index in [0.29, 0.717) is 22.8 Å². The first-order valence-electron chi connectivity index (χ1n) is 6.27. The summed E-state index contributed by atoms with van der Waals surface area (Å²) < 4.78 is 0. The second-order valence-electron chi connectivity index (χ2n) is 4.48. The zero-order valence-corrected chi connectivity index (χ0v) is 12.0. The fourth-order valence-electron chi connectivity index (χ4n) is 1.75. The lowest BCUT2D eigenvalue weighted by Crippen LogP contribution is -2.12. The summed E-state index contributed by atoms with van der Waals surface area (Å²) in [6.45, 7) is 3.73. The molecule has 1 amide bonds. The molecule has 20 heavy (non-hydrogen) atoms. The number of hydrogen-bond donors (Lipinski definition) is 2. The fourth-order valence-corrected chi connectivity index (χ4v) is 1.98. The number of aryl methyl sites for hydroxylation is 2. The Morgan fingerprint density at radius 3 is 2.75 bits per heavy atom. The zero-order chi connectivity index (χ0) is 14.7. The molecule has 0 aliphatic carbocycles. The van der Waals surface area contributed by atoms with Gasteiger partial charge in [-0.3, -0.25) is 4.79 Å². The summed E-state index contributed by atoms with van der Waals surface area (Å²) >= 11 is 5.89. The third-order valence-electron chi connectivity index (χ3n) is 2.94. The first-order valence-corrected chi connectivity index (χ1v) is 6.65. The largest absolute Gasteiger partial charge is 0.508 e. The molecular formula is C15H15ClN2O2. The van der Waals surface area contributed by atoms with Crippen LogP contribution in [0, 0.1) is 6.92 Å². The predicted octanol–water partition coefficient (Wildman–Crippen LogP) is 3.56. The number of carbonyl (C=O) groups is 1. The molecule has 4 nitrogen and oxygen atoms in total. The maximum Gasteiger partial charge on any atom is 0.255 e. The molecule has 0 aliphatic rings. The number of aromatic nitrogens is 1. The lowest BCUT2D eigenvalue weighted by molar-refractivity contribution is 0.102. The minimum atomic E-state index is -0.285. The molecule has 1 aromatic heterocycles. The Balaban J connectivity index is 2.23. The Morgan fingerprint density at radius 2 is 2.10 bits per heavy atom. The monoisotopic (exact) mass is 290 g/mol. The Labute approximate surface area is 122 Å². The summed E-state index contributed by atoms with van der Waals surface area (Å²) in [5.74, 6) is -0.142. The first-order chi connectivity index (χ1) is 9.49. The molecule has 5 heteroatoms. The fraction of sp³-hybridized carbons (Fsp3) is 0.200. The molecule has 2 rings (SSSR count). The van der Waals surface area contributed by atoms with Crippen molar-refractivity contribution >= 4 is 23.2 Å². The van der Waals surface area contributed by atoms with Crippen LogP contribution >= 0.6 is 11.6 Å². The molecule has 0 saturated carbocycles. The number of pyridine rings is 1. The van der Waals surface area contributed by atoms with Crippen molar-refractivity contribution in [2.24, 2.45) is 0 Å². The third kappa shape index (κ3) is 3.27. The third-order valence-corrected chi connectivity index (χ3v) is 3.13. The highest BCUT2D eigenvalue weighted by atomic mass is 35.5.